The summed E-state index contributed by atoms with van der Waals surface area (Å²) in [6.45, 7) is 5.36. The van der Waals surface area contributed by atoms with Gasteiger partial charge in [-0.25, -0.2) is 13.4 Å². The van der Waals surface area contributed by atoms with E-state index in [1.807, 2.05) is 13.8 Å². The van der Waals surface area contributed by atoms with Crippen molar-refractivity contribution in [1.29, 1.82) is 0 Å². The van der Waals surface area contributed by atoms with E-state index in [9.17, 15) is 13.2 Å². The molecule has 9 heteroatoms. The van der Waals surface area contributed by atoms with Crippen molar-refractivity contribution >= 4 is 32.4 Å². The number of nitrogens with zero attached hydrogens (tertiary/aromatic N) is 1. The van der Waals surface area contributed by atoms with Gasteiger partial charge in [0.2, 0.25) is 0 Å². The molecule has 0 bridgehead atoms. The number of carbonyl (C=O) groups excluding carboxylic acids is 1. The highest BCUT2D eigenvalue weighted by Gasteiger charge is 2.20. The standard InChI is InChI=1S/C15H19N3O4S2/c1-9(2)16-14(19)13-10(3)17-15(23-13)18-24(20,21)12-7-5-11(22-4)6-8-12/h5-9H,1-4H3,(H,16,19)(H,17,18). The molecule has 1 amide bonds. The van der Waals surface area contributed by atoms with Gasteiger partial charge in [0.25, 0.3) is 15.9 Å². The number of aryl methyl sites for hydroxylation is 1. The molecule has 0 spiro atoms. The smallest absolute Gasteiger partial charge is 0.263 e. The van der Waals surface area contributed by atoms with Crippen molar-refractivity contribution in [3.63, 3.8) is 0 Å². The van der Waals surface area contributed by atoms with Crippen molar-refractivity contribution in [3.05, 3.63) is 34.8 Å². The van der Waals surface area contributed by atoms with Gasteiger partial charge in [-0.1, -0.05) is 11.3 Å². The van der Waals surface area contributed by atoms with Gasteiger partial charge in [0.05, 0.1) is 17.7 Å². The maximum absolute atomic E-state index is 12.4. The Kier molecular flexibility index (Phi) is 5.45. The molecule has 0 aliphatic rings. The number of amides is 1. The molecule has 0 aliphatic heterocycles. The number of anilines is 1. The van der Waals surface area contributed by atoms with Crippen LogP contribution in [0.15, 0.2) is 29.2 Å². The van der Waals surface area contributed by atoms with Crippen molar-refractivity contribution in [2.75, 3.05) is 11.8 Å². The highest BCUT2D eigenvalue weighted by atomic mass is 32.2. The summed E-state index contributed by atoms with van der Waals surface area (Å²) in [5.41, 5.74) is 0.477. The molecule has 130 valence electrons. The van der Waals surface area contributed by atoms with Gasteiger partial charge in [-0.15, -0.1) is 0 Å². The molecule has 2 aromatic rings. The molecular weight excluding hydrogens is 350 g/mol. The Hall–Kier alpha value is -2.13. The van der Waals surface area contributed by atoms with Crippen LogP contribution in [0.25, 0.3) is 0 Å². The van der Waals surface area contributed by atoms with E-state index in [1.165, 1.54) is 19.2 Å². The summed E-state index contributed by atoms with van der Waals surface area (Å²) in [6.07, 6.45) is 0. The molecule has 0 aliphatic carbocycles. The molecule has 7 nitrogen and oxygen atoms in total. The van der Waals surface area contributed by atoms with Gasteiger partial charge in [-0.2, -0.15) is 0 Å². The fourth-order valence-electron chi connectivity index (χ4n) is 1.91. The van der Waals surface area contributed by atoms with Crippen molar-refractivity contribution in [1.82, 2.24) is 10.3 Å². The maximum atomic E-state index is 12.4. The van der Waals surface area contributed by atoms with Crippen LogP contribution in [-0.2, 0) is 10.0 Å². The summed E-state index contributed by atoms with van der Waals surface area (Å²) in [5, 5.41) is 2.91. The quantitative estimate of drug-likeness (QED) is 0.815. The van der Waals surface area contributed by atoms with Crippen LogP contribution in [0.4, 0.5) is 5.13 Å². The number of aromatic nitrogens is 1. The average Bonchev–Trinajstić information content (AvgIpc) is 2.86. The lowest BCUT2D eigenvalue weighted by atomic mass is 10.3. The SMILES string of the molecule is COc1ccc(S(=O)(=O)Nc2nc(C)c(C(=O)NC(C)C)s2)cc1. The minimum Gasteiger partial charge on any atom is -0.497 e. The van der Waals surface area contributed by atoms with Crippen LogP contribution >= 0.6 is 11.3 Å². The zero-order valence-electron chi connectivity index (χ0n) is 13.8. The van der Waals surface area contributed by atoms with Crippen LogP contribution in [0, 0.1) is 6.92 Å². The summed E-state index contributed by atoms with van der Waals surface area (Å²) < 4.78 is 32.2. The number of sulfonamides is 1. The summed E-state index contributed by atoms with van der Waals surface area (Å²) in [7, 11) is -2.28. The molecule has 1 aromatic heterocycles. The molecule has 0 atom stereocenters. The van der Waals surface area contributed by atoms with E-state index in [1.54, 1.807) is 19.1 Å². The number of hydrogen-bond acceptors (Lipinski definition) is 6. The number of rotatable bonds is 6. The van der Waals surface area contributed by atoms with Crippen molar-refractivity contribution in [2.45, 2.75) is 31.7 Å². The first-order valence-electron chi connectivity index (χ1n) is 7.18. The fraction of sp³-hybridized carbons (Fsp3) is 0.333. The lowest BCUT2D eigenvalue weighted by Crippen LogP contribution is -2.29. The van der Waals surface area contributed by atoms with Gasteiger partial charge < -0.3 is 10.1 Å². The molecule has 0 saturated heterocycles. The summed E-state index contributed by atoms with van der Waals surface area (Å²) in [4.78, 5) is 16.7. The zero-order valence-corrected chi connectivity index (χ0v) is 15.4. The van der Waals surface area contributed by atoms with Crippen molar-refractivity contribution in [2.24, 2.45) is 0 Å². The van der Waals surface area contributed by atoms with Gasteiger partial charge in [-0.05, 0) is 45.0 Å². The van der Waals surface area contributed by atoms with E-state index in [0.717, 1.165) is 11.3 Å². The molecule has 1 heterocycles. The molecule has 0 radical (unpaired) electrons. The van der Waals surface area contributed by atoms with Crippen LogP contribution in [-0.4, -0.2) is 32.5 Å². The van der Waals surface area contributed by atoms with Gasteiger partial charge in [0.15, 0.2) is 5.13 Å². The largest absolute Gasteiger partial charge is 0.497 e. The van der Waals surface area contributed by atoms with Crippen molar-refractivity contribution < 1.29 is 17.9 Å². The highest BCUT2D eigenvalue weighted by molar-refractivity contribution is 7.93. The van der Waals surface area contributed by atoms with E-state index in [2.05, 4.69) is 15.0 Å². The number of nitrogens with one attached hydrogen (secondary N) is 2. The highest BCUT2D eigenvalue weighted by Crippen LogP contribution is 2.25. The fourth-order valence-corrected chi connectivity index (χ4v) is 4.01. The lowest BCUT2D eigenvalue weighted by Gasteiger charge is -2.06. The van der Waals surface area contributed by atoms with Gasteiger partial charge in [0.1, 0.15) is 10.6 Å². The monoisotopic (exact) mass is 369 g/mol. The number of methoxy groups -OCH3 is 1. The molecule has 0 unspecified atom stereocenters. The first-order chi connectivity index (χ1) is 11.2. The minimum atomic E-state index is -3.78. The van der Waals surface area contributed by atoms with Crippen LogP contribution in [0.3, 0.4) is 0 Å². The molecule has 24 heavy (non-hydrogen) atoms. The second-order valence-electron chi connectivity index (χ2n) is 5.34. The molecule has 2 rings (SSSR count). The number of thiazole rings is 1. The van der Waals surface area contributed by atoms with E-state index in [-0.39, 0.29) is 22.0 Å². The lowest BCUT2D eigenvalue weighted by molar-refractivity contribution is 0.0946. The number of ether oxygens (including phenoxy) is 1. The Morgan fingerprint density at radius 2 is 1.88 bits per heavy atom. The summed E-state index contributed by atoms with van der Waals surface area (Å²) >= 11 is 1.00. The number of benzene rings is 1. The predicted octanol–water partition coefficient (Wildman–Crippen LogP) is 2.40. The van der Waals surface area contributed by atoms with E-state index in [0.29, 0.717) is 16.3 Å². The summed E-state index contributed by atoms with van der Waals surface area (Å²) in [6, 6.07) is 5.98. The van der Waals surface area contributed by atoms with E-state index >= 15 is 0 Å². The Bertz CT molecular complexity index is 827. The second-order valence-corrected chi connectivity index (χ2v) is 8.02. The van der Waals surface area contributed by atoms with Crippen LogP contribution in [0.1, 0.15) is 29.2 Å². The minimum absolute atomic E-state index is 0.0153. The summed E-state index contributed by atoms with van der Waals surface area (Å²) in [5.74, 6) is 0.293. The average molecular weight is 369 g/mol. The van der Waals surface area contributed by atoms with E-state index < -0.39 is 10.0 Å². The van der Waals surface area contributed by atoms with Gasteiger partial charge >= 0.3 is 0 Å². The molecule has 2 N–H and O–H groups in total. The molecular formula is C15H19N3O4S2. The normalized spacial score (nSPS) is 11.4. The Morgan fingerprint density at radius 3 is 2.42 bits per heavy atom. The maximum Gasteiger partial charge on any atom is 0.263 e. The molecule has 0 saturated carbocycles. The van der Waals surface area contributed by atoms with Crippen LogP contribution < -0.4 is 14.8 Å². The third-order valence-corrected chi connectivity index (χ3v) is 5.57. The van der Waals surface area contributed by atoms with Crippen LogP contribution in [0.2, 0.25) is 0 Å². The molecule has 1 aromatic carbocycles. The first-order valence-corrected chi connectivity index (χ1v) is 9.48. The molecule has 0 fully saturated rings. The Labute approximate surface area is 145 Å². The predicted molar refractivity (Wildman–Crippen MR) is 93.3 cm³/mol. The third kappa shape index (κ3) is 4.24. The first kappa shape index (κ1) is 18.2. The zero-order chi connectivity index (χ0) is 17.9. The van der Waals surface area contributed by atoms with Gasteiger partial charge in [-0.3, -0.25) is 9.52 Å². The Balaban J connectivity index is 2.22. The number of hydrogen-bond donors (Lipinski definition) is 2. The van der Waals surface area contributed by atoms with E-state index in [4.69, 9.17) is 4.74 Å². The topological polar surface area (TPSA) is 97.4 Å². The van der Waals surface area contributed by atoms with Gasteiger partial charge in [0, 0.05) is 6.04 Å². The second kappa shape index (κ2) is 7.18. The Morgan fingerprint density at radius 1 is 1.25 bits per heavy atom. The third-order valence-electron chi connectivity index (χ3n) is 3.01. The van der Waals surface area contributed by atoms with Crippen molar-refractivity contribution in [3.8, 4) is 5.75 Å². The number of carbonyl (C=O) groups is 1. The van der Waals surface area contributed by atoms with Crippen LogP contribution in [0.5, 0.6) is 5.75 Å².